The smallest absolute Gasteiger partial charge is 0.338 e. The van der Waals surface area contributed by atoms with Crippen LogP contribution >= 0.6 is 0 Å². The van der Waals surface area contributed by atoms with E-state index in [4.69, 9.17) is 9.88 Å². The zero-order valence-corrected chi connectivity index (χ0v) is 20.1. The van der Waals surface area contributed by atoms with Gasteiger partial charge in [-0.2, -0.15) is 0 Å². The number of aryl methyl sites for hydroxylation is 2. The number of benzene rings is 2. The van der Waals surface area contributed by atoms with E-state index in [9.17, 15) is 22.8 Å². The van der Waals surface area contributed by atoms with E-state index in [1.807, 2.05) is 32.0 Å². The predicted octanol–water partition coefficient (Wildman–Crippen LogP) is 1.19. The molecule has 0 bridgehead atoms. The maximum atomic E-state index is 12.9. The summed E-state index contributed by atoms with van der Waals surface area (Å²) < 4.78 is 27.9. The number of amides is 3. The number of primary sulfonamides is 1. The summed E-state index contributed by atoms with van der Waals surface area (Å²) in [6, 6.07) is 10.7. The first-order valence-corrected chi connectivity index (χ1v) is 12.5. The van der Waals surface area contributed by atoms with Crippen molar-refractivity contribution in [2.45, 2.75) is 31.2 Å². The number of carbonyl (C=O) groups is 3. The largest absolute Gasteiger partial charge is 0.456 e. The second-order valence-corrected chi connectivity index (χ2v) is 10.1. The second-order valence-electron chi connectivity index (χ2n) is 8.55. The van der Waals surface area contributed by atoms with Crippen LogP contribution in [0.3, 0.4) is 0 Å². The summed E-state index contributed by atoms with van der Waals surface area (Å²) in [4.78, 5) is 39.3. The van der Waals surface area contributed by atoms with Crippen molar-refractivity contribution in [3.8, 4) is 0 Å². The van der Waals surface area contributed by atoms with E-state index in [1.165, 1.54) is 17.0 Å². The highest BCUT2D eigenvalue weighted by Gasteiger charge is 2.43. The van der Waals surface area contributed by atoms with E-state index in [0.717, 1.165) is 22.3 Å². The van der Waals surface area contributed by atoms with Crippen LogP contribution in [0.1, 0.15) is 28.3 Å². The Balaban J connectivity index is 1.43. The molecular weight excluding hydrogens is 472 g/mol. The highest BCUT2D eigenvalue weighted by molar-refractivity contribution is 7.89. The van der Waals surface area contributed by atoms with Crippen LogP contribution in [0.5, 0.6) is 0 Å². The SMILES string of the molecule is Cc1ccc(C)c(C2NC(=O)N(CC(=O)NCCc3ccc(S(N)(=O)=O)cc3)C3=C2C(=O)OC3)c1. The topological polar surface area (TPSA) is 148 Å². The van der Waals surface area contributed by atoms with Crippen molar-refractivity contribution >= 4 is 27.9 Å². The second kappa shape index (κ2) is 9.51. The number of hydrogen-bond acceptors (Lipinski definition) is 6. The molecule has 4 rings (SSSR count). The summed E-state index contributed by atoms with van der Waals surface area (Å²) in [6.45, 7) is 3.76. The van der Waals surface area contributed by atoms with Crippen molar-refractivity contribution in [2.24, 2.45) is 5.14 Å². The lowest BCUT2D eigenvalue weighted by Gasteiger charge is -2.33. The average molecular weight is 499 g/mol. The van der Waals surface area contributed by atoms with Crippen LogP contribution in [-0.4, -0.2) is 50.9 Å². The number of urea groups is 1. The molecule has 0 aliphatic carbocycles. The molecule has 1 atom stereocenters. The van der Waals surface area contributed by atoms with E-state index >= 15 is 0 Å². The highest BCUT2D eigenvalue weighted by atomic mass is 32.2. The molecule has 0 fully saturated rings. The number of ether oxygens (including phenoxy) is 1. The predicted molar refractivity (Wildman–Crippen MR) is 126 cm³/mol. The van der Waals surface area contributed by atoms with Gasteiger partial charge in [0.2, 0.25) is 15.9 Å². The first kappa shape index (κ1) is 24.4. The molecule has 2 heterocycles. The number of esters is 1. The van der Waals surface area contributed by atoms with Crippen LogP contribution in [-0.2, 0) is 30.8 Å². The van der Waals surface area contributed by atoms with Gasteiger partial charge in [0.1, 0.15) is 13.2 Å². The summed E-state index contributed by atoms with van der Waals surface area (Å²) in [7, 11) is -3.76. The lowest BCUT2D eigenvalue weighted by Crippen LogP contribution is -2.50. The normalized spacial score (nSPS) is 17.7. The molecule has 0 spiro atoms. The van der Waals surface area contributed by atoms with Crippen molar-refractivity contribution in [2.75, 3.05) is 19.7 Å². The molecule has 2 aromatic carbocycles. The number of cyclic esters (lactones) is 1. The summed E-state index contributed by atoms with van der Waals surface area (Å²) in [6.07, 6.45) is 0.451. The minimum atomic E-state index is -3.76. The van der Waals surface area contributed by atoms with E-state index < -0.39 is 34.0 Å². The molecule has 0 saturated heterocycles. The summed E-state index contributed by atoms with van der Waals surface area (Å²) in [5, 5.41) is 10.7. The molecule has 10 nitrogen and oxygen atoms in total. The number of nitrogens with one attached hydrogen (secondary N) is 2. The Labute approximate surface area is 203 Å². The molecule has 0 saturated carbocycles. The van der Waals surface area contributed by atoms with Gasteiger partial charge in [-0.1, -0.05) is 35.9 Å². The first-order chi connectivity index (χ1) is 16.5. The molecule has 1 unspecified atom stereocenters. The fraction of sp³-hybridized carbons (Fsp3) is 0.292. The third-order valence-electron chi connectivity index (χ3n) is 6.03. The fourth-order valence-electron chi connectivity index (χ4n) is 4.17. The number of rotatable bonds is 7. The van der Waals surface area contributed by atoms with Crippen molar-refractivity contribution in [1.82, 2.24) is 15.5 Å². The molecule has 2 aromatic rings. The molecule has 0 radical (unpaired) electrons. The summed E-state index contributed by atoms with van der Waals surface area (Å²) in [5.74, 6) is -0.919. The Morgan fingerprint density at radius 2 is 1.89 bits per heavy atom. The Bertz CT molecular complexity index is 1330. The van der Waals surface area contributed by atoms with Crippen LogP contribution in [0.25, 0.3) is 0 Å². The standard InChI is InChI=1S/C24H26N4O6S/c1-14-3-4-15(2)18(11-14)22-21-19(13-34-23(21)30)28(24(31)27-22)12-20(29)26-10-9-16-5-7-17(8-6-16)35(25,32)33/h3-8,11,22H,9-10,12-13H2,1-2H3,(H,26,29)(H,27,31)(H2,25,32,33). The molecule has 2 aliphatic rings. The van der Waals surface area contributed by atoms with Crippen molar-refractivity contribution in [3.63, 3.8) is 0 Å². The Morgan fingerprint density at radius 1 is 1.17 bits per heavy atom. The molecule has 3 amide bonds. The van der Waals surface area contributed by atoms with Gasteiger partial charge in [-0.3, -0.25) is 9.69 Å². The van der Waals surface area contributed by atoms with Crippen LogP contribution < -0.4 is 15.8 Å². The van der Waals surface area contributed by atoms with Crippen LogP contribution in [0.2, 0.25) is 0 Å². The van der Waals surface area contributed by atoms with Gasteiger partial charge in [-0.25, -0.2) is 23.1 Å². The average Bonchev–Trinajstić information content (AvgIpc) is 3.18. The van der Waals surface area contributed by atoms with E-state index in [2.05, 4.69) is 10.6 Å². The summed E-state index contributed by atoms with van der Waals surface area (Å²) in [5.41, 5.74) is 4.26. The molecule has 0 aromatic heterocycles. The number of sulfonamides is 1. The lowest BCUT2D eigenvalue weighted by atomic mass is 9.91. The van der Waals surface area contributed by atoms with Gasteiger partial charge in [-0.05, 0) is 49.1 Å². The quantitative estimate of drug-likeness (QED) is 0.489. The molecule has 2 aliphatic heterocycles. The van der Waals surface area contributed by atoms with Crippen LogP contribution in [0.15, 0.2) is 58.6 Å². The lowest BCUT2D eigenvalue weighted by molar-refractivity contribution is -0.136. The number of nitrogens with zero attached hydrogens (tertiary/aromatic N) is 1. The van der Waals surface area contributed by atoms with E-state index in [1.54, 1.807) is 12.1 Å². The van der Waals surface area contributed by atoms with Gasteiger partial charge in [0, 0.05) is 6.54 Å². The van der Waals surface area contributed by atoms with Crippen molar-refractivity contribution in [3.05, 3.63) is 76.0 Å². The van der Waals surface area contributed by atoms with Gasteiger partial charge < -0.3 is 15.4 Å². The monoisotopic (exact) mass is 498 g/mol. The number of hydrogen-bond donors (Lipinski definition) is 3. The Hall–Kier alpha value is -3.70. The third-order valence-corrected chi connectivity index (χ3v) is 6.96. The minimum absolute atomic E-state index is 0.0120. The molecular formula is C24H26N4O6S. The number of carbonyl (C=O) groups excluding carboxylic acids is 3. The maximum Gasteiger partial charge on any atom is 0.338 e. The third kappa shape index (κ3) is 5.20. The van der Waals surface area contributed by atoms with Gasteiger partial charge in [0.25, 0.3) is 0 Å². The Kier molecular flexibility index (Phi) is 6.64. The maximum absolute atomic E-state index is 12.9. The van der Waals surface area contributed by atoms with Gasteiger partial charge in [0.15, 0.2) is 0 Å². The zero-order chi connectivity index (χ0) is 25.3. The summed E-state index contributed by atoms with van der Waals surface area (Å²) >= 11 is 0. The van der Waals surface area contributed by atoms with E-state index in [-0.39, 0.29) is 24.6 Å². The van der Waals surface area contributed by atoms with Gasteiger partial charge >= 0.3 is 12.0 Å². The first-order valence-electron chi connectivity index (χ1n) is 11.0. The number of nitrogens with two attached hydrogens (primary N) is 1. The molecule has 184 valence electrons. The van der Waals surface area contributed by atoms with Crippen LogP contribution in [0.4, 0.5) is 4.79 Å². The van der Waals surface area contributed by atoms with E-state index in [0.29, 0.717) is 17.7 Å². The Morgan fingerprint density at radius 3 is 2.57 bits per heavy atom. The molecule has 11 heteroatoms. The molecule has 35 heavy (non-hydrogen) atoms. The molecule has 4 N–H and O–H groups in total. The van der Waals surface area contributed by atoms with Crippen LogP contribution in [0, 0.1) is 13.8 Å². The highest BCUT2D eigenvalue weighted by Crippen LogP contribution is 2.36. The van der Waals surface area contributed by atoms with Crippen molar-refractivity contribution in [1.29, 1.82) is 0 Å². The van der Waals surface area contributed by atoms with Gasteiger partial charge in [-0.15, -0.1) is 0 Å². The fourth-order valence-corrected chi connectivity index (χ4v) is 4.69. The van der Waals surface area contributed by atoms with Gasteiger partial charge in [0.05, 0.1) is 22.2 Å². The van der Waals surface area contributed by atoms with Crippen molar-refractivity contribution < 1.29 is 27.5 Å². The minimum Gasteiger partial charge on any atom is -0.456 e. The zero-order valence-electron chi connectivity index (χ0n) is 19.3.